The average Bonchev–Trinajstić information content (AvgIpc) is 2.40. The van der Waals surface area contributed by atoms with Crippen molar-refractivity contribution in [2.75, 3.05) is 7.11 Å². The maximum Gasteiger partial charge on any atom is 0.339 e. The standard InChI is InChI=1S/C14H13FO4S/c1-10-6-7-13(14(8-10)18-2)19-20(16,17)12-5-3-4-11(15)9-12/h3-9H,1-2H3. The molecule has 0 spiro atoms. The molecule has 106 valence electrons. The number of hydrogen-bond acceptors (Lipinski definition) is 4. The molecule has 0 N–H and O–H groups in total. The molecule has 0 amide bonds. The largest absolute Gasteiger partial charge is 0.493 e. The number of benzene rings is 2. The van der Waals surface area contributed by atoms with Crippen molar-refractivity contribution >= 4 is 10.1 Å². The van der Waals surface area contributed by atoms with Crippen LogP contribution in [0.4, 0.5) is 4.39 Å². The van der Waals surface area contributed by atoms with E-state index in [-0.39, 0.29) is 10.6 Å². The molecule has 20 heavy (non-hydrogen) atoms. The van der Waals surface area contributed by atoms with Crippen molar-refractivity contribution in [3.05, 3.63) is 53.8 Å². The third-order valence-electron chi connectivity index (χ3n) is 2.60. The Balaban J connectivity index is 2.38. The minimum absolute atomic E-state index is 0.0577. The zero-order valence-corrected chi connectivity index (χ0v) is 11.8. The van der Waals surface area contributed by atoms with Crippen LogP contribution in [0.25, 0.3) is 0 Å². The van der Waals surface area contributed by atoms with Gasteiger partial charge in [-0.2, -0.15) is 8.42 Å². The lowest BCUT2D eigenvalue weighted by molar-refractivity contribution is 0.390. The molecule has 6 heteroatoms. The fraction of sp³-hybridized carbons (Fsp3) is 0.143. The van der Waals surface area contributed by atoms with Crippen LogP contribution in [0.3, 0.4) is 0 Å². The second-order valence-corrected chi connectivity index (χ2v) is 5.70. The van der Waals surface area contributed by atoms with Gasteiger partial charge in [0.05, 0.1) is 7.11 Å². The number of hydrogen-bond donors (Lipinski definition) is 0. The van der Waals surface area contributed by atoms with E-state index in [9.17, 15) is 12.8 Å². The normalized spacial score (nSPS) is 11.2. The van der Waals surface area contributed by atoms with Crippen molar-refractivity contribution < 1.29 is 21.7 Å². The Hall–Kier alpha value is -2.08. The Bertz CT molecular complexity index is 726. The summed E-state index contributed by atoms with van der Waals surface area (Å²) in [6, 6.07) is 9.46. The number of rotatable bonds is 4. The zero-order valence-electron chi connectivity index (χ0n) is 11.0. The predicted octanol–water partition coefficient (Wildman–Crippen LogP) is 2.91. The second-order valence-electron chi connectivity index (χ2n) is 4.15. The van der Waals surface area contributed by atoms with Gasteiger partial charge < -0.3 is 8.92 Å². The van der Waals surface area contributed by atoms with Gasteiger partial charge in [0.25, 0.3) is 0 Å². The lowest BCUT2D eigenvalue weighted by atomic mass is 10.2. The van der Waals surface area contributed by atoms with E-state index in [1.807, 2.05) is 6.92 Å². The van der Waals surface area contributed by atoms with E-state index in [0.717, 1.165) is 17.7 Å². The van der Waals surface area contributed by atoms with Crippen LogP contribution in [0, 0.1) is 12.7 Å². The van der Waals surface area contributed by atoms with E-state index in [4.69, 9.17) is 8.92 Å². The SMILES string of the molecule is COc1cc(C)ccc1OS(=O)(=O)c1cccc(F)c1. The van der Waals surface area contributed by atoms with E-state index < -0.39 is 15.9 Å². The Kier molecular flexibility index (Phi) is 3.94. The minimum Gasteiger partial charge on any atom is -0.493 e. The van der Waals surface area contributed by atoms with E-state index >= 15 is 0 Å². The summed E-state index contributed by atoms with van der Waals surface area (Å²) >= 11 is 0. The van der Waals surface area contributed by atoms with Gasteiger partial charge in [0.2, 0.25) is 0 Å². The van der Waals surface area contributed by atoms with Gasteiger partial charge >= 0.3 is 10.1 Å². The number of ether oxygens (including phenoxy) is 1. The molecule has 0 radical (unpaired) electrons. The molecule has 0 bridgehead atoms. The molecule has 0 saturated heterocycles. The Morgan fingerprint density at radius 3 is 2.45 bits per heavy atom. The van der Waals surface area contributed by atoms with E-state index in [2.05, 4.69) is 0 Å². The summed E-state index contributed by atoms with van der Waals surface area (Å²) in [6.07, 6.45) is 0. The fourth-order valence-electron chi connectivity index (χ4n) is 1.63. The van der Waals surface area contributed by atoms with E-state index in [0.29, 0.717) is 5.75 Å². The molecule has 0 saturated carbocycles. The smallest absolute Gasteiger partial charge is 0.339 e. The minimum atomic E-state index is -4.10. The van der Waals surface area contributed by atoms with Crippen LogP contribution >= 0.6 is 0 Å². The van der Waals surface area contributed by atoms with Gasteiger partial charge in [-0.15, -0.1) is 0 Å². The van der Waals surface area contributed by atoms with Crippen LogP contribution in [0.15, 0.2) is 47.4 Å². The van der Waals surface area contributed by atoms with Gasteiger partial charge in [0.1, 0.15) is 10.7 Å². The molecule has 0 aromatic heterocycles. The monoisotopic (exact) mass is 296 g/mol. The van der Waals surface area contributed by atoms with Crippen LogP contribution in [-0.2, 0) is 10.1 Å². The van der Waals surface area contributed by atoms with Crippen molar-refractivity contribution in [3.8, 4) is 11.5 Å². The average molecular weight is 296 g/mol. The van der Waals surface area contributed by atoms with Gasteiger partial charge in [0, 0.05) is 0 Å². The first-order valence-corrected chi connectivity index (χ1v) is 7.18. The summed E-state index contributed by atoms with van der Waals surface area (Å²) in [4.78, 5) is -0.250. The van der Waals surface area contributed by atoms with Crippen molar-refractivity contribution in [3.63, 3.8) is 0 Å². The molecule has 0 aliphatic rings. The molecule has 0 aliphatic heterocycles. The van der Waals surface area contributed by atoms with Gasteiger partial charge in [-0.25, -0.2) is 4.39 Å². The van der Waals surface area contributed by atoms with Crippen LogP contribution in [0.5, 0.6) is 11.5 Å². The maximum atomic E-state index is 13.1. The number of aryl methyl sites for hydroxylation is 1. The Labute approximate surface area is 116 Å². The van der Waals surface area contributed by atoms with Crippen LogP contribution < -0.4 is 8.92 Å². The highest BCUT2D eigenvalue weighted by molar-refractivity contribution is 7.87. The van der Waals surface area contributed by atoms with Crippen molar-refractivity contribution in [2.24, 2.45) is 0 Å². The highest BCUT2D eigenvalue weighted by atomic mass is 32.2. The number of halogens is 1. The van der Waals surface area contributed by atoms with Gasteiger partial charge in [-0.3, -0.25) is 0 Å². The molecule has 2 aromatic rings. The summed E-state index contributed by atoms with van der Waals surface area (Å²) in [5, 5.41) is 0. The quantitative estimate of drug-likeness (QED) is 0.814. The Morgan fingerprint density at radius 2 is 1.80 bits per heavy atom. The summed E-state index contributed by atoms with van der Waals surface area (Å²) < 4.78 is 47.3. The maximum absolute atomic E-state index is 13.1. The first-order chi connectivity index (χ1) is 9.42. The molecule has 0 aliphatic carbocycles. The summed E-state index contributed by atoms with van der Waals surface area (Å²) in [5.41, 5.74) is 0.900. The fourth-order valence-corrected chi connectivity index (χ4v) is 2.60. The van der Waals surface area contributed by atoms with E-state index in [1.165, 1.54) is 25.3 Å². The van der Waals surface area contributed by atoms with Crippen molar-refractivity contribution in [1.29, 1.82) is 0 Å². The molecular weight excluding hydrogens is 283 g/mol. The molecular formula is C14H13FO4S. The highest BCUT2D eigenvalue weighted by Crippen LogP contribution is 2.30. The molecule has 4 nitrogen and oxygen atoms in total. The first kappa shape index (κ1) is 14.3. The van der Waals surface area contributed by atoms with Crippen LogP contribution in [0.2, 0.25) is 0 Å². The first-order valence-electron chi connectivity index (χ1n) is 5.77. The molecule has 2 aromatic carbocycles. The highest BCUT2D eigenvalue weighted by Gasteiger charge is 2.19. The molecule has 0 atom stereocenters. The Morgan fingerprint density at radius 1 is 1.05 bits per heavy atom. The molecule has 0 fully saturated rings. The summed E-state index contributed by atoms with van der Waals surface area (Å²) in [6.45, 7) is 1.84. The van der Waals surface area contributed by atoms with E-state index in [1.54, 1.807) is 12.1 Å². The lowest BCUT2D eigenvalue weighted by Gasteiger charge is -2.11. The van der Waals surface area contributed by atoms with Crippen molar-refractivity contribution in [2.45, 2.75) is 11.8 Å². The lowest BCUT2D eigenvalue weighted by Crippen LogP contribution is -2.10. The van der Waals surface area contributed by atoms with Crippen molar-refractivity contribution in [1.82, 2.24) is 0 Å². The van der Waals surface area contributed by atoms with Gasteiger partial charge in [0.15, 0.2) is 11.5 Å². The zero-order chi connectivity index (χ0) is 14.8. The third kappa shape index (κ3) is 3.08. The van der Waals surface area contributed by atoms with Crippen LogP contribution in [-0.4, -0.2) is 15.5 Å². The molecule has 0 unspecified atom stereocenters. The topological polar surface area (TPSA) is 52.6 Å². The van der Waals surface area contributed by atoms with Gasteiger partial charge in [-0.1, -0.05) is 12.1 Å². The number of methoxy groups -OCH3 is 1. The predicted molar refractivity (Wildman–Crippen MR) is 71.9 cm³/mol. The molecule has 0 heterocycles. The third-order valence-corrected chi connectivity index (χ3v) is 3.83. The summed E-state index contributed by atoms with van der Waals surface area (Å²) in [5.74, 6) is -0.294. The molecule has 2 rings (SSSR count). The second kappa shape index (κ2) is 5.50. The van der Waals surface area contributed by atoms with Crippen LogP contribution in [0.1, 0.15) is 5.56 Å². The summed E-state index contributed by atoms with van der Waals surface area (Å²) in [7, 11) is -2.69. The van der Waals surface area contributed by atoms with Gasteiger partial charge in [-0.05, 0) is 42.8 Å².